The lowest BCUT2D eigenvalue weighted by molar-refractivity contribution is -0.856. The Kier molecular flexibility index (Phi) is 2.30. The van der Waals surface area contributed by atoms with Gasteiger partial charge in [-0.2, -0.15) is 10.6 Å². The van der Waals surface area contributed by atoms with E-state index in [1.165, 1.54) is 0 Å². The smallest absolute Gasteiger partial charge is 0.169 e. The highest BCUT2D eigenvalue weighted by Gasteiger charge is 2.11. The molecule has 4 nitrogen and oxygen atoms in total. The van der Waals surface area contributed by atoms with Crippen molar-refractivity contribution in [1.29, 1.82) is 5.53 Å². The molecule has 4 heteroatoms. The van der Waals surface area contributed by atoms with Gasteiger partial charge in [-0.3, -0.25) is 0 Å². The number of nitrogens with zero attached hydrogens (tertiary/aromatic N) is 1. The van der Waals surface area contributed by atoms with E-state index in [2.05, 4.69) is 5.11 Å². The molecule has 0 saturated carbocycles. The SMILES string of the molecule is CO[NH2+]C1=C(N=N)C=CC1. The molecule has 1 aliphatic carbocycles. The van der Waals surface area contributed by atoms with Crippen LogP contribution in [0.25, 0.3) is 0 Å². The van der Waals surface area contributed by atoms with Crippen molar-refractivity contribution in [2.45, 2.75) is 6.42 Å². The number of quaternary nitrogens is 1. The van der Waals surface area contributed by atoms with Crippen LogP contribution in [0.5, 0.6) is 0 Å². The molecular formula is C6H10N3O+. The number of nitrogens with two attached hydrogens (primary N) is 1. The maximum absolute atomic E-state index is 6.75. The Hall–Kier alpha value is -1.00. The third-order valence-corrected chi connectivity index (χ3v) is 1.32. The molecular weight excluding hydrogens is 130 g/mol. The van der Waals surface area contributed by atoms with Crippen molar-refractivity contribution in [1.82, 2.24) is 0 Å². The van der Waals surface area contributed by atoms with E-state index >= 15 is 0 Å². The average Bonchev–Trinajstić information content (AvgIpc) is 2.36. The van der Waals surface area contributed by atoms with Crippen molar-refractivity contribution in [3.8, 4) is 0 Å². The zero-order valence-corrected chi connectivity index (χ0v) is 5.79. The van der Waals surface area contributed by atoms with Crippen LogP contribution in [0.2, 0.25) is 0 Å². The van der Waals surface area contributed by atoms with Crippen molar-refractivity contribution in [2.75, 3.05) is 7.11 Å². The van der Waals surface area contributed by atoms with E-state index in [9.17, 15) is 0 Å². The number of allylic oxidation sites excluding steroid dienone is 2. The van der Waals surface area contributed by atoms with E-state index in [-0.39, 0.29) is 0 Å². The van der Waals surface area contributed by atoms with Crippen molar-refractivity contribution >= 4 is 0 Å². The first-order valence-corrected chi connectivity index (χ1v) is 3.01. The van der Waals surface area contributed by atoms with Crippen LogP contribution in [-0.4, -0.2) is 7.11 Å². The molecule has 0 amide bonds. The van der Waals surface area contributed by atoms with Gasteiger partial charge >= 0.3 is 0 Å². The Morgan fingerprint density at radius 2 is 2.60 bits per heavy atom. The third kappa shape index (κ3) is 1.29. The predicted octanol–water partition coefficient (Wildman–Crippen LogP) is 0.314. The minimum Gasteiger partial charge on any atom is -0.205 e. The lowest BCUT2D eigenvalue weighted by Gasteiger charge is -1.95. The summed E-state index contributed by atoms with van der Waals surface area (Å²) in [7, 11) is 1.59. The van der Waals surface area contributed by atoms with Crippen LogP contribution in [-0.2, 0) is 4.84 Å². The number of nitrogens with one attached hydrogen (secondary N) is 1. The molecule has 0 atom stereocenters. The summed E-state index contributed by atoms with van der Waals surface area (Å²) in [5.41, 5.74) is 10.0. The van der Waals surface area contributed by atoms with Gasteiger partial charge < -0.3 is 0 Å². The summed E-state index contributed by atoms with van der Waals surface area (Å²) in [5, 5.41) is 3.32. The van der Waals surface area contributed by atoms with Crippen molar-refractivity contribution in [2.24, 2.45) is 5.11 Å². The van der Waals surface area contributed by atoms with Crippen molar-refractivity contribution in [3.05, 3.63) is 23.5 Å². The monoisotopic (exact) mass is 140 g/mol. The molecule has 0 bridgehead atoms. The first-order chi connectivity index (χ1) is 4.88. The highest BCUT2D eigenvalue weighted by molar-refractivity contribution is 5.27. The van der Waals surface area contributed by atoms with Crippen LogP contribution >= 0.6 is 0 Å². The molecule has 0 spiro atoms. The molecule has 0 aromatic rings. The zero-order valence-electron chi connectivity index (χ0n) is 5.79. The topological polar surface area (TPSA) is 62.1 Å². The summed E-state index contributed by atoms with van der Waals surface area (Å²) < 4.78 is 0. The van der Waals surface area contributed by atoms with E-state index in [0.29, 0.717) is 5.70 Å². The van der Waals surface area contributed by atoms with Gasteiger partial charge in [-0.25, -0.2) is 10.4 Å². The fourth-order valence-electron chi connectivity index (χ4n) is 0.869. The van der Waals surface area contributed by atoms with Gasteiger partial charge in [-0.1, -0.05) is 6.08 Å². The summed E-state index contributed by atoms with van der Waals surface area (Å²) in [6, 6.07) is 0. The fourth-order valence-corrected chi connectivity index (χ4v) is 0.869. The number of hydrogen-bond donors (Lipinski definition) is 2. The molecule has 10 heavy (non-hydrogen) atoms. The van der Waals surface area contributed by atoms with Gasteiger partial charge in [0, 0.05) is 6.42 Å². The zero-order chi connectivity index (χ0) is 7.40. The highest BCUT2D eigenvalue weighted by atomic mass is 16.6. The second kappa shape index (κ2) is 3.24. The molecule has 0 radical (unpaired) electrons. The molecule has 0 aliphatic heterocycles. The van der Waals surface area contributed by atoms with E-state index in [1.807, 2.05) is 12.2 Å². The van der Waals surface area contributed by atoms with Crippen LogP contribution in [0.4, 0.5) is 0 Å². The normalized spacial score (nSPS) is 16.5. The predicted molar refractivity (Wildman–Crippen MR) is 34.9 cm³/mol. The molecule has 0 unspecified atom stereocenters. The van der Waals surface area contributed by atoms with Gasteiger partial charge in [0.2, 0.25) is 0 Å². The van der Waals surface area contributed by atoms with Gasteiger partial charge in [0.15, 0.2) is 5.70 Å². The summed E-state index contributed by atoms with van der Waals surface area (Å²) in [6.07, 6.45) is 4.60. The van der Waals surface area contributed by atoms with Gasteiger partial charge in [0.05, 0.1) is 7.11 Å². The van der Waals surface area contributed by atoms with Gasteiger partial charge in [-0.05, 0) is 6.08 Å². The summed E-state index contributed by atoms with van der Waals surface area (Å²) in [5.74, 6) is 0. The minimum absolute atomic E-state index is 0.696. The molecule has 0 aromatic carbocycles. The first-order valence-electron chi connectivity index (χ1n) is 3.01. The maximum Gasteiger partial charge on any atom is 0.169 e. The van der Waals surface area contributed by atoms with Gasteiger partial charge in [0.25, 0.3) is 0 Å². The van der Waals surface area contributed by atoms with E-state index < -0.39 is 0 Å². The minimum atomic E-state index is 0.696. The largest absolute Gasteiger partial charge is 0.205 e. The van der Waals surface area contributed by atoms with E-state index in [1.54, 1.807) is 12.6 Å². The first kappa shape index (κ1) is 7.11. The fraction of sp³-hybridized carbons (Fsp3) is 0.333. The van der Waals surface area contributed by atoms with Crippen molar-refractivity contribution < 1.29 is 10.3 Å². The second-order valence-electron chi connectivity index (χ2n) is 1.98. The molecule has 54 valence electrons. The molecule has 1 rings (SSSR count). The Morgan fingerprint density at radius 3 is 3.20 bits per heavy atom. The Balaban J connectivity index is 2.65. The average molecular weight is 140 g/mol. The quantitative estimate of drug-likeness (QED) is 0.430. The lowest BCUT2D eigenvalue weighted by atomic mass is 10.4. The second-order valence-corrected chi connectivity index (χ2v) is 1.98. The van der Waals surface area contributed by atoms with Crippen LogP contribution in [0.1, 0.15) is 6.42 Å². The van der Waals surface area contributed by atoms with Crippen LogP contribution in [0, 0.1) is 5.53 Å². The van der Waals surface area contributed by atoms with E-state index in [0.717, 1.165) is 12.1 Å². The molecule has 1 aliphatic rings. The van der Waals surface area contributed by atoms with Gasteiger partial charge in [0.1, 0.15) is 5.70 Å². The lowest BCUT2D eigenvalue weighted by Crippen LogP contribution is -2.80. The third-order valence-electron chi connectivity index (χ3n) is 1.32. The molecule has 3 N–H and O–H groups in total. The Labute approximate surface area is 59.0 Å². The number of hydrogen-bond acceptors (Lipinski definition) is 3. The van der Waals surface area contributed by atoms with Crippen LogP contribution < -0.4 is 5.48 Å². The Bertz CT molecular complexity index is 195. The van der Waals surface area contributed by atoms with E-state index in [4.69, 9.17) is 10.4 Å². The maximum atomic E-state index is 6.75. The molecule has 0 fully saturated rings. The van der Waals surface area contributed by atoms with Crippen molar-refractivity contribution in [3.63, 3.8) is 0 Å². The summed E-state index contributed by atoms with van der Waals surface area (Å²) in [4.78, 5) is 4.79. The summed E-state index contributed by atoms with van der Waals surface area (Å²) >= 11 is 0. The highest BCUT2D eigenvalue weighted by Crippen LogP contribution is 2.13. The van der Waals surface area contributed by atoms with Crippen LogP contribution in [0.15, 0.2) is 28.7 Å². The number of rotatable bonds is 3. The van der Waals surface area contributed by atoms with Crippen LogP contribution in [0.3, 0.4) is 0 Å². The standard InChI is InChI=1S/C6H9N3O/c1-10-9-6-4-2-3-5(6)8-7/h2-3,7,9H,4H2,1H3/p+1. The van der Waals surface area contributed by atoms with Gasteiger partial charge in [-0.15, -0.1) is 0 Å². The Morgan fingerprint density at radius 1 is 1.80 bits per heavy atom. The molecule has 0 aromatic heterocycles. The summed E-state index contributed by atoms with van der Waals surface area (Å²) in [6.45, 7) is 0. The number of hydroxylamine groups is 1. The molecule has 0 heterocycles. The molecule has 0 saturated heterocycles.